The lowest BCUT2D eigenvalue weighted by atomic mass is 10.6. The van der Waals surface area contributed by atoms with E-state index in [4.69, 9.17) is 13.0 Å². The van der Waals surface area contributed by atoms with E-state index >= 15 is 0 Å². The van der Waals surface area contributed by atoms with Crippen LogP contribution >= 0.6 is 31.9 Å². The average molecular weight is 436 g/mol. The summed E-state index contributed by atoms with van der Waals surface area (Å²) in [7, 11) is -4.20. The molecule has 0 bridgehead atoms. The maximum absolute atomic E-state index is 6.50. The highest BCUT2D eigenvalue weighted by Crippen LogP contribution is 2.26. The highest BCUT2D eigenvalue weighted by molar-refractivity contribution is 9.09. The Bertz CT molecular complexity index is 215. The van der Waals surface area contributed by atoms with Crippen LogP contribution in [0.4, 0.5) is 0 Å². The van der Waals surface area contributed by atoms with Crippen molar-refractivity contribution in [3.8, 4) is 0 Å². The van der Waals surface area contributed by atoms with Crippen LogP contribution in [0.1, 0.15) is 26.7 Å². The van der Waals surface area contributed by atoms with Crippen molar-refractivity contribution < 1.29 is 13.0 Å². The van der Waals surface area contributed by atoms with Crippen LogP contribution in [0.3, 0.4) is 0 Å². The SMILES string of the molecule is CCO[Si](C)(CCCBr)O[Si](C)(CCCBr)OCC. The molecule has 0 rings (SSSR count). The molecule has 2 unspecified atom stereocenters. The quantitative estimate of drug-likeness (QED) is 0.325. The third-order valence-corrected chi connectivity index (χ3v) is 11.8. The molecule has 0 amide bonds. The first-order valence-corrected chi connectivity index (χ1v) is 14.3. The van der Waals surface area contributed by atoms with Gasteiger partial charge in [-0.2, -0.15) is 0 Å². The van der Waals surface area contributed by atoms with Crippen LogP contribution in [0.5, 0.6) is 0 Å². The molecule has 0 saturated heterocycles. The number of hydrogen-bond donors (Lipinski definition) is 0. The van der Waals surface area contributed by atoms with Crippen LogP contribution in [0, 0.1) is 0 Å². The van der Waals surface area contributed by atoms with Gasteiger partial charge in [0.1, 0.15) is 0 Å². The van der Waals surface area contributed by atoms with Crippen LogP contribution in [-0.2, 0) is 13.0 Å². The molecule has 0 aliphatic heterocycles. The van der Waals surface area contributed by atoms with Gasteiger partial charge in [-0.05, 0) is 51.9 Å². The fourth-order valence-corrected chi connectivity index (χ4v) is 11.8. The van der Waals surface area contributed by atoms with Gasteiger partial charge >= 0.3 is 17.1 Å². The monoisotopic (exact) mass is 434 g/mol. The molecule has 3 nitrogen and oxygen atoms in total. The molecule has 0 aromatic rings. The Morgan fingerprint density at radius 3 is 1.42 bits per heavy atom. The lowest BCUT2D eigenvalue weighted by Gasteiger charge is -2.36. The molecule has 0 heterocycles. The molecule has 0 fully saturated rings. The number of hydrogen-bond acceptors (Lipinski definition) is 3. The maximum Gasteiger partial charge on any atom is 0.326 e. The smallest absolute Gasteiger partial charge is 0.326 e. The molecule has 116 valence electrons. The summed E-state index contributed by atoms with van der Waals surface area (Å²) in [5.74, 6) is 0. The molecule has 0 radical (unpaired) electrons. The van der Waals surface area contributed by atoms with E-state index in [-0.39, 0.29) is 0 Å². The van der Waals surface area contributed by atoms with Gasteiger partial charge in [-0.3, -0.25) is 0 Å². The average Bonchev–Trinajstić information content (AvgIpc) is 2.34. The van der Waals surface area contributed by atoms with Crippen LogP contribution in [0.15, 0.2) is 0 Å². The Labute approximate surface area is 137 Å². The number of halogens is 2. The largest absolute Gasteiger partial charge is 0.415 e. The van der Waals surface area contributed by atoms with Gasteiger partial charge in [-0.1, -0.05) is 31.9 Å². The zero-order chi connectivity index (χ0) is 14.8. The van der Waals surface area contributed by atoms with Crippen molar-refractivity contribution in [3.05, 3.63) is 0 Å². The van der Waals surface area contributed by atoms with E-state index in [1.807, 2.05) is 13.8 Å². The summed E-state index contributed by atoms with van der Waals surface area (Å²) < 4.78 is 18.5. The second kappa shape index (κ2) is 10.9. The van der Waals surface area contributed by atoms with Crippen LogP contribution in [-0.4, -0.2) is 41.0 Å². The van der Waals surface area contributed by atoms with Gasteiger partial charge in [0.15, 0.2) is 0 Å². The predicted molar refractivity (Wildman–Crippen MR) is 94.0 cm³/mol. The van der Waals surface area contributed by atoms with E-state index in [1.165, 1.54) is 0 Å². The lowest BCUT2D eigenvalue weighted by molar-refractivity contribution is 0.199. The highest BCUT2D eigenvalue weighted by Gasteiger charge is 2.42. The van der Waals surface area contributed by atoms with E-state index in [9.17, 15) is 0 Å². The fourth-order valence-electron chi connectivity index (χ4n) is 2.15. The first-order valence-electron chi connectivity index (χ1n) is 7.05. The Hall–Kier alpha value is 1.27. The van der Waals surface area contributed by atoms with E-state index in [0.29, 0.717) is 0 Å². The Balaban J connectivity index is 4.70. The Morgan fingerprint density at radius 2 is 1.16 bits per heavy atom. The van der Waals surface area contributed by atoms with E-state index in [0.717, 1.165) is 48.8 Å². The predicted octanol–water partition coefficient (Wildman–Crippen LogP) is 4.79. The van der Waals surface area contributed by atoms with E-state index in [2.05, 4.69) is 45.0 Å². The molecule has 0 aliphatic rings. The van der Waals surface area contributed by atoms with Gasteiger partial charge in [0, 0.05) is 23.9 Å². The van der Waals surface area contributed by atoms with Gasteiger partial charge in [0.2, 0.25) is 0 Å². The minimum atomic E-state index is -2.10. The molecular weight excluding hydrogens is 408 g/mol. The summed E-state index contributed by atoms with van der Waals surface area (Å²) >= 11 is 6.98. The zero-order valence-corrected chi connectivity index (χ0v) is 17.8. The maximum atomic E-state index is 6.50. The lowest BCUT2D eigenvalue weighted by Crippen LogP contribution is -2.52. The summed E-state index contributed by atoms with van der Waals surface area (Å²) in [6.07, 6.45) is 2.19. The molecule has 7 heteroatoms. The minimum absolute atomic E-state index is 0.722. The van der Waals surface area contributed by atoms with Gasteiger partial charge in [-0.25, -0.2) is 0 Å². The third kappa shape index (κ3) is 9.00. The second-order valence-electron chi connectivity index (χ2n) is 4.82. The van der Waals surface area contributed by atoms with Crippen LogP contribution in [0.25, 0.3) is 0 Å². The molecule has 0 aliphatic carbocycles. The summed E-state index contributed by atoms with van der Waals surface area (Å²) in [5.41, 5.74) is 0. The Kier molecular flexibility index (Phi) is 11.7. The van der Waals surface area contributed by atoms with Gasteiger partial charge in [0.25, 0.3) is 0 Å². The summed E-state index contributed by atoms with van der Waals surface area (Å²) in [4.78, 5) is 0. The first-order chi connectivity index (χ1) is 8.95. The van der Waals surface area contributed by atoms with Crippen molar-refractivity contribution in [2.75, 3.05) is 23.9 Å². The number of rotatable bonds is 12. The molecular formula is C12H28Br2O3Si2. The van der Waals surface area contributed by atoms with Crippen molar-refractivity contribution in [2.24, 2.45) is 0 Å². The summed E-state index contributed by atoms with van der Waals surface area (Å²) in [6, 6.07) is 2.05. The van der Waals surface area contributed by atoms with Gasteiger partial charge in [0.05, 0.1) is 0 Å². The third-order valence-electron chi connectivity index (χ3n) is 2.86. The molecule has 19 heavy (non-hydrogen) atoms. The highest BCUT2D eigenvalue weighted by atomic mass is 79.9. The zero-order valence-electron chi connectivity index (χ0n) is 12.6. The normalized spacial score (nSPS) is 18.0. The fraction of sp³-hybridized carbons (Fsp3) is 1.00. The van der Waals surface area contributed by atoms with Crippen molar-refractivity contribution in [1.29, 1.82) is 0 Å². The summed E-state index contributed by atoms with van der Waals surface area (Å²) in [5, 5.41) is 2.00. The van der Waals surface area contributed by atoms with Crippen molar-refractivity contribution >= 4 is 49.0 Å². The van der Waals surface area contributed by atoms with Gasteiger partial charge in [-0.15, -0.1) is 0 Å². The molecule has 0 N–H and O–H groups in total. The second-order valence-corrected chi connectivity index (χ2v) is 13.3. The van der Waals surface area contributed by atoms with Crippen LogP contribution < -0.4 is 0 Å². The first kappa shape index (κ1) is 20.3. The van der Waals surface area contributed by atoms with Crippen molar-refractivity contribution in [2.45, 2.75) is 51.9 Å². The molecule has 0 spiro atoms. The van der Waals surface area contributed by atoms with Crippen molar-refractivity contribution in [3.63, 3.8) is 0 Å². The summed E-state index contributed by atoms with van der Waals surface area (Å²) in [6.45, 7) is 9.89. The molecule has 0 aromatic carbocycles. The molecule has 0 saturated carbocycles. The molecule has 2 atom stereocenters. The Morgan fingerprint density at radius 1 is 0.789 bits per heavy atom. The van der Waals surface area contributed by atoms with E-state index in [1.54, 1.807) is 0 Å². The topological polar surface area (TPSA) is 27.7 Å². The minimum Gasteiger partial charge on any atom is -0.415 e. The van der Waals surface area contributed by atoms with Crippen molar-refractivity contribution in [1.82, 2.24) is 0 Å². The van der Waals surface area contributed by atoms with Crippen LogP contribution in [0.2, 0.25) is 25.2 Å². The molecule has 0 aromatic heterocycles. The van der Waals surface area contributed by atoms with E-state index < -0.39 is 17.1 Å². The standard InChI is InChI=1S/C12H28Br2O3Si2/c1-5-15-18(3,11-7-9-13)17-19(4,16-6-2)12-8-10-14/h5-12H2,1-4H3. The van der Waals surface area contributed by atoms with Gasteiger partial charge < -0.3 is 13.0 Å². The number of alkyl halides is 2.